The van der Waals surface area contributed by atoms with E-state index in [1.54, 1.807) is 18.3 Å². The van der Waals surface area contributed by atoms with Crippen LogP contribution in [0.2, 0.25) is 0 Å². The van der Waals surface area contributed by atoms with Crippen LogP contribution in [-0.2, 0) is 11.3 Å². The summed E-state index contributed by atoms with van der Waals surface area (Å²) in [4.78, 5) is 29.8. The number of pyridine rings is 1. The van der Waals surface area contributed by atoms with Crippen molar-refractivity contribution in [3.8, 4) is 0 Å². The Morgan fingerprint density at radius 1 is 1.03 bits per heavy atom. The second kappa shape index (κ2) is 9.60. The highest BCUT2D eigenvalue weighted by Gasteiger charge is 2.29. The zero-order valence-electron chi connectivity index (χ0n) is 18.1. The largest absolute Gasteiger partial charge is 0.356 e. The minimum atomic E-state index is -0.0140. The molecule has 0 saturated heterocycles. The molecule has 1 saturated carbocycles. The maximum atomic E-state index is 13.2. The predicted molar refractivity (Wildman–Crippen MR) is 125 cm³/mol. The highest BCUT2D eigenvalue weighted by atomic mass is 32.1. The second-order valence-electron chi connectivity index (χ2n) is 8.45. The summed E-state index contributed by atoms with van der Waals surface area (Å²) in [6.45, 7) is 4.71. The molecule has 0 spiro atoms. The Morgan fingerprint density at radius 3 is 2.55 bits per heavy atom. The van der Waals surface area contributed by atoms with Crippen molar-refractivity contribution in [2.24, 2.45) is 5.92 Å². The monoisotopic (exact) mass is 435 g/mol. The van der Waals surface area contributed by atoms with Gasteiger partial charge in [0.25, 0.3) is 5.91 Å². The van der Waals surface area contributed by atoms with Gasteiger partial charge >= 0.3 is 0 Å². The number of aromatic nitrogens is 1. The number of hydrogen-bond acceptors (Lipinski definition) is 4. The molecule has 5 nitrogen and oxygen atoms in total. The van der Waals surface area contributed by atoms with Gasteiger partial charge in [-0.25, -0.2) is 0 Å². The zero-order chi connectivity index (χ0) is 21.8. The molecule has 0 unspecified atom stereocenters. The van der Waals surface area contributed by atoms with Crippen LogP contribution in [0, 0.1) is 12.8 Å². The van der Waals surface area contributed by atoms with Crippen LogP contribution < -0.4 is 10.6 Å². The van der Waals surface area contributed by atoms with Gasteiger partial charge in [-0.05, 0) is 73.6 Å². The van der Waals surface area contributed by atoms with E-state index in [1.807, 2.05) is 31.2 Å². The van der Waals surface area contributed by atoms with Crippen molar-refractivity contribution >= 4 is 33.2 Å². The van der Waals surface area contributed by atoms with Crippen LogP contribution in [0.1, 0.15) is 65.1 Å². The summed E-state index contributed by atoms with van der Waals surface area (Å²) in [6.07, 6.45) is 4.24. The molecule has 2 amide bonds. The van der Waals surface area contributed by atoms with Crippen LogP contribution in [-0.4, -0.2) is 23.3 Å². The van der Waals surface area contributed by atoms with E-state index in [4.69, 9.17) is 0 Å². The molecule has 2 aromatic heterocycles. The van der Waals surface area contributed by atoms with E-state index >= 15 is 0 Å². The van der Waals surface area contributed by atoms with Crippen molar-refractivity contribution in [3.05, 3.63) is 64.3 Å². The van der Waals surface area contributed by atoms with E-state index in [1.165, 1.54) is 10.9 Å². The lowest BCUT2D eigenvalue weighted by Gasteiger charge is -2.29. The first-order valence-electron chi connectivity index (χ1n) is 11.0. The van der Waals surface area contributed by atoms with Gasteiger partial charge in [-0.2, -0.15) is 0 Å². The summed E-state index contributed by atoms with van der Waals surface area (Å²) in [6, 6.07) is 14.2. The van der Waals surface area contributed by atoms with Crippen LogP contribution in [0.5, 0.6) is 0 Å². The van der Waals surface area contributed by atoms with Crippen LogP contribution in [0.15, 0.2) is 42.5 Å². The molecule has 1 aliphatic carbocycles. The van der Waals surface area contributed by atoms with Crippen molar-refractivity contribution < 1.29 is 9.59 Å². The predicted octanol–water partition coefficient (Wildman–Crippen LogP) is 4.94. The Bertz CT molecular complexity index is 1080. The molecule has 4 rings (SSSR count). The number of benzene rings is 1. The lowest BCUT2D eigenvalue weighted by atomic mass is 9.77. The third kappa shape index (κ3) is 5.13. The average Bonchev–Trinajstić information content (AvgIpc) is 3.16. The first kappa shape index (κ1) is 21.5. The SMILES string of the molecule is CC(=O)NCC1CCC(c2c(C(=O)NCc3cccc(C)n3)sc3ccccc23)CC1. The normalized spacial score (nSPS) is 18.6. The first-order chi connectivity index (χ1) is 15.0. The Hall–Kier alpha value is -2.73. The number of thiophene rings is 1. The number of rotatable bonds is 6. The molecule has 0 aliphatic heterocycles. The fraction of sp³-hybridized carbons (Fsp3) is 0.400. The van der Waals surface area contributed by atoms with E-state index in [0.29, 0.717) is 18.4 Å². The van der Waals surface area contributed by atoms with Crippen LogP contribution >= 0.6 is 11.3 Å². The lowest BCUT2D eigenvalue weighted by Crippen LogP contribution is -2.29. The van der Waals surface area contributed by atoms with Gasteiger partial charge in [-0.3, -0.25) is 14.6 Å². The maximum absolute atomic E-state index is 13.2. The summed E-state index contributed by atoms with van der Waals surface area (Å²) in [5.74, 6) is 0.921. The van der Waals surface area contributed by atoms with Crippen LogP contribution in [0.25, 0.3) is 10.1 Å². The van der Waals surface area contributed by atoms with Gasteiger partial charge in [0.1, 0.15) is 0 Å². The molecule has 2 heterocycles. The van der Waals surface area contributed by atoms with E-state index in [-0.39, 0.29) is 11.8 Å². The number of hydrogen-bond donors (Lipinski definition) is 2. The van der Waals surface area contributed by atoms with Gasteiger partial charge in [-0.15, -0.1) is 11.3 Å². The van der Waals surface area contributed by atoms with Crippen molar-refractivity contribution in [1.82, 2.24) is 15.6 Å². The van der Waals surface area contributed by atoms with E-state index in [2.05, 4.69) is 33.8 Å². The minimum absolute atomic E-state index is 0.0140. The molecule has 6 heteroatoms. The van der Waals surface area contributed by atoms with E-state index in [9.17, 15) is 9.59 Å². The van der Waals surface area contributed by atoms with Crippen molar-refractivity contribution in [3.63, 3.8) is 0 Å². The molecule has 1 aliphatic rings. The third-order valence-corrected chi connectivity index (χ3v) is 7.30. The second-order valence-corrected chi connectivity index (χ2v) is 9.50. The van der Waals surface area contributed by atoms with E-state index in [0.717, 1.165) is 53.2 Å². The Labute approximate surface area is 187 Å². The molecule has 1 aromatic carbocycles. The number of carbonyl (C=O) groups is 2. The Morgan fingerprint density at radius 2 is 1.81 bits per heavy atom. The number of carbonyl (C=O) groups excluding carboxylic acids is 2. The van der Waals surface area contributed by atoms with Gasteiger partial charge in [0.05, 0.1) is 17.1 Å². The smallest absolute Gasteiger partial charge is 0.262 e. The third-order valence-electron chi connectivity index (χ3n) is 6.11. The zero-order valence-corrected chi connectivity index (χ0v) is 18.9. The van der Waals surface area contributed by atoms with Crippen molar-refractivity contribution in [2.75, 3.05) is 6.54 Å². The fourth-order valence-electron chi connectivity index (χ4n) is 4.53. The standard InChI is InChI=1S/C25H29N3O2S/c1-16-6-5-7-20(28-16)15-27-25(30)24-23(21-8-3-4-9-22(21)31-24)19-12-10-18(11-13-19)14-26-17(2)29/h3-9,18-19H,10-15H2,1-2H3,(H,26,29)(H,27,30). The van der Waals surface area contributed by atoms with E-state index < -0.39 is 0 Å². The van der Waals surface area contributed by atoms with Gasteiger partial charge in [0.2, 0.25) is 5.91 Å². The summed E-state index contributed by atoms with van der Waals surface area (Å²) >= 11 is 1.59. The first-order valence-corrected chi connectivity index (χ1v) is 11.8. The quantitative estimate of drug-likeness (QED) is 0.576. The summed E-state index contributed by atoms with van der Waals surface area (Å²) < 4.78 is 1.16. The molecule has 31 heavy (non-hydrogen) atoms. The number of nitrogens with one attached hydrogen (secondary N) is 2. The van der Waals surface area contributed by atoms with Gasteiger partial charge in [0, 0.05) is 23.9 Å². The van der Waals surface area contributed by atoms with Gasteiger partial charge < -0.3 is 10.6 Å². The molecule has 0 atom stereocenters. The molecule has 2 N–H and O–H groups in total. The van der Waals surface area contributed by atoms with Crippen molar-refractivity contribution in [2.45, 2.75) is 52.0 Å². The molecule has 0 radical (unpaired) electrons. The molecule has 1 fully saturated rings. The van der Waals surface area contributed by atoms with Crippen LogP contribution in [0.4, 0.5) is 0 Å². The lowest BCUT2D eigenvalue weighted by molar-refractivity contribution is -0.119. The summed E-state index contributed by atoms with van der Waals surface area (Å²) in [5.41, 5.74) is 3.02. The molecular weight excluding hydrogens is 406 g/mol. The molecule has 0 bridgehead atoms. The Kier molecular flexibility index (Phi) is 6.66. The maximum Gasteiger partial charge on any atom is 0.262 e. The molecular formula is C25H29N3O2S. The number of nitrogens with zero attached hydrogens (tertiary/aromatic N) is 1. The topological polar surface area (TPSA) is 71.1 Å². The number of aryl methyl sites for hydroxylation is 1. The highest BCUT2D eigenvalue weighted by molar-refractivity contribution is 7.21. The number of fused-ring (bicyclic) bond motifs is 1. The fourth-order valence-corrected chi connectivity index (χ4v) is 5.74. The highest BCUT2D eigenvalue weighted by Crippen LogP contribution is 2.43. The van der Waals surface area contributed by atoms with Crippen LogP contribution in [0.3, 0.4) is 0 Å². The van der Waals surface area contributed by atoms with Crippen molar-refractivity contribution in [1.29, 1.82) is 0 Å². The Balaban J connectivity index is 1.52. The van der Waals surface area contributed by atoms with Gasteiger partial charge in [-0.1, -0.05) is 24.3 Å². The minimum Gasteiger partial charge on any atom is -0.356 e. The van der Waals surface area contributed by atoms with Gasteiger partial charge in [0.15, 0.2) is 0 Å². The summed E-state index contributed by atoms with van der Waals surface area (Å²) in [5, 5.41) is 7.24. The molecule has 3 aromatic rings. The summed E-state index contributed by atoms with van der Waals surface area (Å²) in [7, 11) is 0. The molecule has 162 valence electrons. The average molecular weight is 436 g/mol. The number of amides is 2.